The van der Waals surface area contributed by atoms with Crippen molar-refractivity contribution in [3.63, 3.8) is 0 Å². The average molecular weight is 440 g/mol. The van der Waals surface area contributed by atoms with Crippen molar-refractivity contribution in [1.29, 1.82) is 0 Å². The lowest BCUT2D eigenvalue weighted by atomic mass is 9.98. The van der Waals surface area contributed by atoms with Crippen molar-refractivity contribution < 1.29 is 19.1 Å². The molecular formula is C23H22ClN3O4. The van der Waals surface area contributed by atoms with Gasteiger partial charge in [-0.1, -0.05) is 35.9 Å². The Balaban J connectivity index is 1.69. The average Bonchev–Trinajstić information content (AvgIpc) is 2.78. The van der Waals surface area contributed by atoms with E-state index < -0.39 is 5.97 Å². The van der Waals surface area contributed by atoms with Gasteiger partial charge in [-0.15, -0.1) is 0 Å². The number of carbonyl (C=O) groups is 2. The van der Waals surface area contributed by atoms with Gasteiger partial charge in [-0.05, 0) is 31.2 Å². The molecular weight excluding hydrogens is 418 g/mol. The molecule has 8 heteroatoms. The second kappa shape index (κ2) is 10.7. The largest absolute Gasteiger partial charge is 0.465 e. The first kappa shape index (κ1) is 22.4. The van der Waals surface area contributed by atoms with Crippen molar-refractivity contribution in [3.05, 3.63) is 82.4 Å². The van der Waals surface area contributed by atoms with Gasteiger partial charge in [0.2, 0.25) is 0 Å². The number of nitrogens with one attached hydrogen (secondary N) is 1. The topological polar surface area (TPSA) is 90.4 Å². The van der Waals surface area contributed by atoms with E-state index in [2.05, 4.69) is 15.3 Å². The Morgan fingerprint density at radius 1 is 1.10 bits per heavy atom. The van der Waals surface area contributed by atoms with Crippen LogP contribution in [0.5, 0.6) is 0 Å². The zero-order valence-corrected chi connectivity index (χ0v) is 18.0. The minimum absolute atomic E-state index is 0.208. The fraction of sp³-hybridized carbons (Fsp3) is 0.217. The molecule has 0 atom stereocenters. The van der Waals surface area contributed by atoms with Crippen LogP contribution < -0.4 is 5.32 Å². The molecule has 3 rings (SSSR count). The normalized spacial score (nSPS) is 10.5. The van der Waals surface area contributed by atoms with Gasteiger partial charge in [0, 0.05) is 28.9 Å². The molecule has 31 heavy (non-hydrogen) atoms. The molecule has 0 spiro atoms. The van der Waals surface area contributed by atoms with Crippen LogP contribution in [0, 0.1) is 6.92 Å². The van der Waals surface area contributed by atoms with Crippen LogP contribution in [0.4, 0.5) is 0 Å². The monoisotopic (exact) mass is 439 g/mol. The minimum Gasteiger partial charge on any atom is -0.465 e. The summed E-state index contributed by atoms with van der Waals surface area (Å²) in [6.07, 6.45) is 1.56. The van der Waals surface area contributed by atoms with Gasteiger partial charge >= 0.3 is 5.97 Å². The maximum atomic E-state index is 12.3. The van der Waals surface area contributed by atoms with Crippen molar-refractivity contribution >= 4 is 23.5 Å². The molecule has 0 fully saturated rings. The third-order valence-electron chi connectivity index (χ3n) is 4.49. The number of ether oxygens (including phenoxy) is 2. The lowest BCUT2D eigenvalue weighted by Gasteiger charge is -2.14. The number of nitrogens with zero attached hydrogens (tertiary/aromatic N) is 2. The molecule has 0 saturated heterocycles. The van der Waals surface area contributed by atoms with Crippen molar-refractivity contribution in [2.45, 2.75) is 13.5 Å². The van der Waals surface area contributed by atoms with Gasteiger partial charge in [-0.25, -0.2) is 4.79 Å². The van der Waals surface area contributed by atoms with E-state index in [9.17, 15) is 9.59 Å². The van der Waals surface area contributed by atoms with E-state index in [-0.39, 0.29) is 12.5 Å². The summed E-state index contributed by atoms with van der Waals surface area (Å²) in [5.41, 5.74) is 3.21. The molecule has 160 valence electrons. The maximum absolute atomic E-state index is 12.3. The Kier molecular flexibility index (Phi) is 7.70. The molecule has 0 aliphatic rings. The van der Waals surface area contributed by atoms with Gasteiger partial charge in [0.15, 0.2) is 0 Å². The third kappa shape index (κ3) is 5.65. The second-order valence-electron chi connectivity index (χ2n) is 6.62. The first-order chi connectivity index (χ1) is 15.0. The maximum Gasteiger partial charge on any atom is 0.340 e. The number of halogens is 1. The summed E-state index contributed by atoms with van der Waals surface area (Å²) in [5, 5.41) is 3.26. The molecule has 2 heterocycles. The number of rotatable bonds is 8. The van der Waals surface area contributed by atoms with Gasteiger partial charge in [0.05, 0.1) is 37.3 Å². The zero-order valence-electron chi connectivity index (χ0n) is 17.2. The van der Waals surface area contributed by atoms with Crippen molar-refractivity contribution in [2.75, 3.05) is 20.3 Å². The van der Waals surface area contributed by atoms with E-state index in [1.807, 2.05) is 18.2 Å². The summed E-state index contributed by atoms with van der Waals surface area (Å²) in [7, 11) is 1.33. The first-order valence-electron chi connectivity index (χ1n) is 9.62. The summed E-state index contributed by atoms with van der Waals surface area (Å²) in [4.78, 5) is 32.8. The van der Waals surface area contributed by atoms with E-state index in [1.165, 1.54) is 7.11 Å². The molecule has 0 radical (unpaired) electrons. The summed E-state index contributed by atoms with van der Waals surface area (Å²) >= 11 is 6.36. The van der Waals surface area contributed by atoms with Crippen LogP contribution in [0.2, 0.25) is 5.02 Å². The van der Waals surface area contributed by atoms with Gasteiger partial charge < -0.3 is 14.8 Å². The van der Waals surface area contributed by atoms with Crippen molar-refractivity contribution in [2.24, 2.45) is 0 Å². The number of aryl methyl sites for hydroxylation is 1. The molecule has 1 aromatic carbocycles. The number of pyridine rings is 2. The van der Waals surface area contributed by atoms with Gasteiger partial charge in [-0.3, -0.25) is 14.8 Å². The highest BCUT2D eigenvalue weighted by molar-refractivity contribution is 6.33. The SMILES string of the molecule is COC(=O)c1c(-c2ccccc2Cl)cc(COCCNC(=O)c2ccccn2)nc1C. The summed E-state index contributed by atoms with van der Waals surface area (Å²) in [6, 6.07) is 14.2. The predicted molar refractivity (Wildman–Crippen MR) is 117 cm³/mol. The molecule has 1 N–H and O–H groups in total. The number of aromatic nitrogens is 2. The van der Waals surface area contributed by atoms with Gasteiger partial charge in [0.1, 0.15) is 5.69 Å². The van der Waals surface area contributed by atoms with Crippen LogP contribution >= 0.6 is 11.6 Å². The van der Waals surface area contributed by atoms with E-state index in [4.69, 9.17) is 21.1 Å². The molecule has 0 unspecified atom stereocenters. The molecule has 2 aromatic heterocycles. The molecule has 0 saturated carbocycles. The number of esters is 1. The number of hydrogen-bond donors (Lipinski definition) is 1. The van der Waals surface area contributed by atoms with Crippen LogP contribution in [-0.4, -0.2) is 42.1 Å². The van der Waals surface area contributed by atoms with E-state index in [1.54, 1.807) is 43.5 Å². The molecule has 0 bridgehead atoms. The van der Waals surface area contributed by atoms with Crippen LogP contribution in [0.25, 0.3) is 11.1 Å². The Hall–Kier alpha value is -3.29. The van der Waals surface area contributed by atoms with Crippen LogP contribution in [-0.2, 0) is 16.1 Å². The van der Waals surface area contributed by atoms with Crippen LogP contribution in [0.1, 0.15) is 32.2 Å². The number of methoxy groups -OCH3 is 1. The lowest BCUT2D eigenvalue weighted by molar-refractivity contribution is 0.0600. The summed E-state index contributed by atoms with van der Waals surface area (Å²) < 4.78 is 10.6. The number of carbonyl (C=O) groups excluding carboxylic acids is 2. The highest BCUT2D eigenvalue weighted by Crippen LogP contribution is 2.32. The van der Waals surface area contributed by atoms with E-state index in [0.29, 0.717) is 51.9 Å². The van der Waals surface area contributed by atoms with Gasteiger partial charge in [0.25, 0.3) is 5.91 Å². The first-order valence-corrected chi connectivity index (χ1v) is 9.99. The Morgan fingerprint density at radius 3 is 2.58 bits per heavy atom. The van der Waals surface area contributed by atoms with Crippen molar-refractivity contribution in [1.82, 2.24) is 15.3 Å². The third-order valence-corrected chi connectivity index (χ3v) is 4.82. The quantitative estimate of drug-likeness (QED) is 0.423. The smallest absolute Gasteiger partial charge is 0.340 e. The fourth-order valence-corrected chi connectivity index (χ4v) is 3.30. The highest BCUT2D eigenvalue weighted by Gasteiger charge is 2.20. The van der Waals surface area contributed by atoms with Gasteiger partial charge in [-0.2, -0.15) is 0 Å². The highest BCUT2D eigenvalue weighted by atomic mass is 35.5. The van der Waals surface area contributed by atoms with Crippen LogP contribution in [0.3, 0.4) is 0 Å². The summed E-state index contributed by atoms with van der Waals surface area (Å²) in [6.45, 7) is 2.56. The molecule has 7 nitrogen and oxygen atoms in total. The molecule has 3 aromatic rings. The Bertz CT molecular complexity index is 1070. The Morgan fingerprint density at radius 2 is 1.87 bits per heavy atom. The Labute approximate surface area is 185 Å². The fourth-order valence-electron chi connectivity index (χ4n) is 3.06. The van der Waals surface area contributed by atoms with Crippen molar-refractivity contribution in [3.8, 4) is 11.1 Å². The zero-order chi connectivity index (χ0) is 22.2. The summed E-state index contributed by atoms with van der Waals surface area (Å²) in [5.74, 6) is -0.744. The molecule has 0 aliphatic carbocycles. The van der Waals surface area contributed by atoms with E-state index >= 15 is 0 Å². The van der Waals surface area contributed by atoms with E-state index in [0.717, 1.165) is 0 Å². The number of hydrogen-bond acceptors (Lipinski definition) is 6. The predicted octanol–water partition coefficient (Wildman–Crippen LogP) is 3.84. The number of benzene rings is 1. The molecule has 1 amide bonds. The molecule has 0 aliphatic heterocycles. The lowest BCUT2D eigenvalue weighted by Crippen LogP contribution is -2.27. The van der Waals surface area contributed by atoms with Crippen LogP contribution in [0.15, 0.2) is 54.7 Å². The number of amides is 1. The minimum atomic E-state index is -0.482. The second-order valence-corrected chi connectivity index (χ2v) is 7.02. The standard InChI is InChI=1S/C23H22ClN3O4/c1-15-21(23(29)30-2)18(17-7-3-4-8-19(17)24)13-16(27-15)14-31-12-11-26-22(28)20-9-5-6-10-25-20/h3-10,13H,11-12,14H2,1-2H3,(H,26,28).